The molecule has 0 fully saturated rings. The third kappa shape index (κ3) is 5.18. The molecule has 0 radical (unpaired) electrons. The summed E-state index contributed by atoms with van der Waals surface area (Å²) < 4.78 is 2.12. The number of nitrogens with zero attached hydrogens (tertiary/aromatic N) is 4. The van der Waals surface area contributed by atoms with E-state index < -0.39 is 0 Å². The molecule has 1 heterocycles. The normalized spacial score (nSPS) is 12.3. The highest BCUT2D eigenvalue weighted by Crippen LogP contribution is 2.27. The summed E-state index contributed by atoms with van der Waals surface area (Å²) >= 11 is 0. The maximum absolute atomic E-state index is 4.64. The average Bonchev–Trinajstić information content (AvgIpc) is 3.30. The van der Waals surface area contributed by atoms with Crippen LogP contribution in [0.1, 0.15) is 29.3 Å². The molecule has 33 heavy (non-hydrogen) atoms. The number of hydrogen-bond acceptors (Lipinski definition) is 3. The fourth-order valence-corrected chi connectivity index (χ4v) is 4.41. The second kappa shape index (κ2) is 10.2. The molecule has 0 saturated heterocycles. The topological polar surface area (TPSA) is 34.0 Å². The summed E-state index contributed by atoms with van der Waals surface area (Å²) in [5.74, 6) is 0. The van der Waals surface area contributed by atoms with Gasteiger partial charge in [-0.3, -0.25) is 4.90 Å². The Morgan fingerprint density at radius 3 is 1.73 bits per heavy atom. The van der Waals surface area contributed by atoms with Crippen LogP contribution in [0.2, 0.25) is 0 Å². The first-order valence-electron chi connectivity index (χ1n) is 11.5. The molecule has 164 valence electrons. The van der Waals surface area contributed by atoms with Crippen LogP contribution in [-0.4, -0.2) is 19.9 Å². The third-order valence-corrected chi connectivity index (χ3v) is 6.07. The standard InChI is InChI=1S/C29H28N4/c1-4-12-24(13-5-1)20-21-29(33-28-19-11-10-18-27(28)30-31-33)32(22-25-14-6-2-7-15-25)23-26-16-8-3-9-17-26/h1-19,29H,20-23H2. The number of aromatic nitrogens is 3. The second-order valence-electron chi connectivity index (χ2n) is 8.40. The molecule has 5 aromatic rings. The van der Waals surface area contributed by atoms with E-state index in [4.69, 9.17) is 0 Å². The molecule has 1 atom stereocenters. The molecule has 4 heteroatoms. The largest absolute Gasteiger partial charge is 0.273 e. The zero-order valence-electron chi connectivity index (χ0n) is 18.7. The molecule has 1 aromatic heterocycles. The molecule has 0 aliphatic carbocycles. The van der Waals surface area contributed by atoms with E-state index in [9.17, 15) is 0 Å². The van der Waals surface area contributed by atoms with E-state index in [1.54, 1.807) is 0 Å². The smallest absolute Gasteiger partial charge is 0.113 e. The van der Waals surface area contributed by atoms with E-state index in [2.05, 4.69) is 123 Å². The van der Waals surface area contributed by atoms with Crippen molar-refractivity contribution >= 4 is 11.0 Å². The molecule has 0 aliphatic heterocycles. The number of hydrogen-bond donors (Lipinski definition) is 0. The summed E-state index contributed by atoms with van der Waals surface area (Å²) in [4.78, 5) is 2.52. The molecule has 0 saturated carbocycles. The minimum atomic E-state index is 0.0676. The lowest BCUT2D eigenvalue weighted by Crippen LogP contribution is -2.33. The van der Waals surface area contributed by atoms with Crippen molar-refractivity contribution in [1.82, 2.24) is 19.9 Å². The summed E-state index contributed by atoms with van der Waals surface area (Å²) in [6.45, 7) is 1.67. The number of benzene rings is 4. The van der Waals surface area contributed by atoms with Crippen LogP contribution in [0.25, 0.3) is 11.0 Å². The van der Waals surface area contributed by atoms with E-state index in [0.717, 1.165) is 37.0 Å². The Morgan fingerprint density at radius 2 is 1.12 bits per heavy atom. The summed E-state index contributed by atoms with van der Waals surface area (Å²) in [5.41, 5.74) is 5.93. The molecule has 0 bridgehead atoms. The fraction of sp³-hybridized carbons (Fsp3) is 0.172. The third-order valence-electron chi connectivity index (χ3n) is 6.07. The van der Waals surface area contributed by atoms with E-state index >= 15 is 0 Å². The van der Waals surface area contributed by atoms with Crippen LogP contribution < -0.4 is 0 Å². The van der Waals surface area contributed by atoms with Crippen LogP contribution in [0.3, 0.4) is 0 Å². The van der Waals surface area contributed by atoms with Crippen molar-refractivity contribution in [3.05, 3.63) is 132 Å². The predicted molar refractivity (Wildman–Crippen MR) is 133 cm³/mol. The van der Waals surface area contributed by atoms with Gasteiger partial charge in [0.2, 0.25) is 0 Å². The average molecular weight is 433 g/mol. The molecular weight excluding hydrogens is 404 g/mol. The van der Waals surface area contributed by atoms with Gasteiger partial charge in [-0.05, 0) is 41.7 Å². The second-order valence-corrected chi connectivity index (χ2v) is 8.40. The van der Waals surface area contributed by atoms with Crippen LogP contribution >= 0.6 is 0 Å². The summed E-state index contributed by atoms with van der Waals surface area (Å²) in [6.07, 6.45) is 1.98. The first-order valence-corrected chi connectivity index (χ1v) is 11.5. The zero-order chi connectivity index (χ0) is 22.3. The Morgan fingerprint density at radius 1 is 0.606 bits per heavy atom. The van der Waals surface area contributed by atoms with Crippen molar-refractivity contribution in [1.29, 1.82) is 0 Å². The number of fused-ring (bicyclic) bond motifs is 1. The first-order chi connectivity index (χ1) is 16.4. The lowest BCUT2D eigenvalue weighted by atomic mass is 10.1. The number of rotatable bonds is 9. The molecule has 0 spiro atoms. The predicted octanol–water partition coefficient (Wildman–Crippen LogP) is 6.27. The Balaban J connectivity index is 1.53. The molecule has 0 aliphatic rings. The minimum Gasteiger partial charge on any atom is -0.273 e. The Hall–Kier alpha value is -3.76. The van der Waals surface area contributed by atoms with E-state index in [0.29, 0.717) is 0 Å². The highest BCUT2D eigenvalue weighted by molar-refractivity contribution is 5.73. The van der Waals surface area contributed by atoms with Crippen molar-refractivity contribution < 1.29 is 0 Å². The van der Waals surface area contributed by atoms with Crippen molar-refractivity contribution in [2.24, 2.45) is 0 Å². The van der Waals surface area contributed by atoms with Crippen molar-refractivity contribution in [3.63, 3.8) is 0 Å². The maximum atomic E-state index is 4.64. The van der Waals surface area contributed by atoms with Gasteiger partial charge in [0.15, 0.2) is 0 Å². The van der Waals surface area contributed by atoms with E-state index in [-0.39, 0.29) is 6.17 Å². The molecule has 0 N–H and O–H groups in total. The Labute approximate surface area is 195 Å². The lowest BCUT2D eigenvalue weighted by Gasteiger charge is -2.32. The highest BCUT2D eigenvalue weighted by Gasteiger charge is 2.24. The van der Waals surface area contributed by atoms with Crippen LogP contribution in [0.5, 0.6) is 0 Å². The van der Waals surface area contributed by atoms with Gasteiger partial charge in [-0.15, -0.1) is 5.10 Å². The monoisotopic (exact) mass is 432 g/mol. The van der Waals surface area contributed by atoms with Crippen LogP contribution in [0, 0.1) is 0 Å². The maximum Gasteiger partial charge on any atom is 0.113 e. The van der Waals surface area contributed by atoms with Gasteiger partial charge >= 0.3 is 0 Å². The molecule has 0 amide bonds. The van der Waals surface area contributed by atoms with Gasteiger partial charge in [-0.2, -0.15) is 0 Å². The Kier molecular flexibility index (Phi) is 6.55. The molecular formula is C29H28N4. The van der Waals surface area contributed by atoms with Gasteiger partial charge in [0.25, 0.3) is 0 Å². The number of aryl methyl sites for hydroxylation is 1. The van der Waals surface area contributed by atoms with Gasteiger partial charge in [0, 0.05) is 13.1 Å². The van der Waals surface area contributed by atoms with Gasteiger partial charge in [-0.25, -0.2) is 4.68 Å². The molecule has 4 nitrogen and oxygen atoms in total. The highest BCUT2D eigenvalue weighted by atomic mass is 15.5. The van der Waals surface area contributed by atoms with Gasteiger partial charge in [0.05, 0.1) is 5.52 Å². The quantitative estimate of drug-likeness (QED) is 0.275. The Bertz CT molecular complexity index is 1220. The molecule has 5 rings (SSSR count). The lowest BCUT2D eigenvalue weighted by molar-refractivity contribution is 0.104. The van der Waals surface area contributed by atoms with Crippen LogP contribution in [0.4, 0.5) is 0 Å². The van der Waals surface area contributed by atoms with E-state index in [1.165, 1.54) is 16.7 Å². The fourth-order valence-electron chi connectivity index (χ4n) is 4.41. The zero-order valence-corrected chi connectivity index (χ0v) is 18.7. The summed E-state index contributed by atoms with van der Waals surface area (Å²) in [7, 11) is 0. The first kappa shape index (κ1) is 21.1. The SMILES string of the molecule is c1ccc(CCC(N(Cc2ccccc2)Cc2ccccc2)n2nnc3ccccc32)cc1. The van der Waals surface area contributed by atoms with E-state index in [1.807, 2.05) is 12.1 Å². The van der Waals surface area contributed by atoms with Gasteiger partial charge in [-0.1, -0.05) is 108 Å². The molecule has 4 aromatic carbocycles. The van der Waals surface area contributed by atoms with Gasteiger partial charge in [0.1, 0.15) is 11.7 Å². The minimum absolute atomic E-state index is 0.0676. The number of para-hydroxylation sites is 1. The van der Waals surface area contributed by atoms with Crippen molar-refractivity contribution in [2.75, 3.05) is 0 Å². The summed E-state index contributed by atoms with van der Waals surface area (Å²) in [6, 6.07) is 40.3. The van der Waals surface area contributed by atoms with Crippen LogP contribution in [-0.2, 0) is 19.5 Å². The molecule has 1 unspecified atom stereocenters. The van der Waals surface area contributed by atoms with Crippen molar-refractivity contribution in [3.8, 4) is 0 Å². The van der Waals surface area contributed by atoms with Gasteiger partial charge < -0.3 is 0 Å². The summed E-state index contributed by atoms with van der Waals surface area (Å²) in [5, 5.41) is 9.11. The van der Waals surface area contributed by atoms with Crippen molar-refractivity contribution in [2.45, 2.75) is 32.1 Å². The van der Waals surface area contributed by atoms with Crippen LogP contribution in [0.15, 0.2) is 115 Å².